The van der Waals surface area contributed by atoms with Gasteiger partial charge in [0.25, 0.3) is 0 Å². The second-order valence-corrected chi connectivity index (χ2v) is 9.38. The lowest BCUT2D eigenvalue weighted by atomic mass is 9.92. The number of carbonyl (C=O) groups excluding carboxylic acids is 2. The summed E-state index contributed by atoms with van der Waals surface area (Å²) < 4.78 is 15.5. The number of hydroxylamine groups is 2. The first-order valence-corrected chi connectivity index (χ1v) is 12.2. The van der Waals surface area contributed by atoms with Crippen LogP contribution in [0.2, 0.25) is 5.28 Å². The van der Waals surface area contributed by atoms with E-state index >= 15 is 4.39 Å². The molecule has 0 bridgehead atoms. The van der Waals surface area contributed by atoms with Gasteiger partial charge < -0.3 is 4.90 Å². The third kappa shape index (κ3) is 6.15. The molecular weight excluding hydrogens is 477 g/mol. The molecule has 0 unspecified atom stereocenters. The lowest BCUT2D eigenvalue weighted by molar-refractivity contribution is -0.154. The summed E-state index contributed by atoms with van der Waals surface area (Å²) in [6, 6.07) is 3.66. The van der Waals surface area contributed by atoms with Gasteiger partial charge in [0.05, 0.1) is 18.5 Å². The Morgan fingerprint density at radius 1 is 1.31 bits per heavy atom. The molecule has 10 nitrogen and oxygen atoms in total. The number of hydrogen-bond acceptors (Lipinski definition) is 8. The zero-order chi connectivity index (χ0) is 24.8. The molecule has 1 saturated heterocycles. The van der Waals surface area contributed by atoms with Gasteiger partial charge >= 0.3 is 0 Å². The largest absolute Gasteiger partial charge is 0.347 e. The molecule has 0 radical (unpaired) electrons. The predicted molar refractivity (Wildman–Crippen MR) is 127 cm³/mol. The number of hydrogen-bond donors (Lipinski definition) is 3. The maximum absolute atomic E-state index is 15.5. The summed E-state index contributed by atoms with van der Waals surface area (Å²) in [5, 5.41) is 9.93. The SMILES string of the molecule is O=CN(O)C[C@@H](CC1CCCC1)C(=O)NNc1nc(Cl)nc(N2CCC[C@H]2c2cccnc2)c1F. The number of anilines is 2. The van der Waals surface area contributed by atoms with E-state index in [1.165, 1.54) is 0 Å². The van der Waals surface area contributed by atoms with Crippen molar-refractivity contribution in [1.82, 2.24) is 25.4 Å². The Bertz CT molecular complexity index is 1030. The molecule has 0 spiro atoms. The minimum Gasteiger partial charge on any atom is -0.347 e. The van der Waals surface area contributed by atoms with Crippen molar-refractivity contribution in [3.05, 3.63) is 41.2 Å². The summed E-state index contributed by atoms with van der Waals surface area (Å²) in [6.07, 6.45) is 10.0. The van der Waals surface area contributed by atoms with E-state index < -0.39 is 17.6 Å². The van der Waals surface area contributed by atoms with Gasteiger partial charge in [-0.25, -0.2) is 5.06 Å². The topological polar surface area (TPSA) is 124 Å². The molecule has 2 amide bonds. The maximum atomic E-state index is 15.5. The molecule has 2 aromatic heterocycles. The lowest BCUT2D eigenvalue weighted by Crippen LogP contribution is -2.41. The molecule has 3 heterocycles. The van der Waals surface area contributed by atoms with Gasteiger partial charge in [0, 0.05) is 18.9 Å². The first-order chi connectivity index (χ1) is 17.0. The van der Waals surface area contributed by atoms with E-state index in [0.29, 0.717) is 23.9 Å². The van der Waals surface area contributed by atoms with Crippen LogP contribution in [-0.2, 0) is 9.59 Å². The van der Waals surface area contributed by atoms with Crippen LogP contribution in [0.15, 0.2) is 24.5 Å². The van der Waals surface area contributed by atoms with Crippen LogP contribution >= 0.6 is 11.6 Å². The van der Waals surface area contributed by atoms with Crippen LogP contribution < -0.4 is 15.8 Å². The van der Waals surface area contributed by atoms with Crippen LogP contribution in [0.3, 0.4) is 0 Å². The number of pyridine rings is 1. The van der Waals surface area contributed by atoms with E-state index in [1.807, 2.05) is 17.0 Å². The van der Waals surface area contributed by atoms with Crippen molar-refractivity contribution < 1.29 is 19.2 Å². The van der Waals surface area contributed by atoms with Gasteiger partial charge in [-0.15, -0.1) is 0 Å². The summed E-state index contributed by atoms with van der Waals surface area (Å²) in [5.41, 5.74) is 5.95. The highest BCUT2D eigenvalue weighted by Crippen LogP contribution is 2.37. The number of rotatable bonds is 10. The highest BCUT2D eigenvalue weighted by Gasteiger charge is 2.32. The van der Waals surface area contributed by atoms with E-state index in [1.54, 1.807) is 12.4 Å². The van der Waals surface area contributed by atoms with Gasteiger partial charge in [-0.1, -0.05) is 31.7 Å². The number of hydrazine groups is 1. The molecule has 4 rings (SSSR count). The Kier molecular flexibility index (Phi) is 8.29. The van der Waals surface area contributed by atoms with Crippen LogP contribution in [0.25, 0.3) is 0 Å². The lowest BCUT2D eigenvalue weighted by Gasteiger charge is -2.27. The second kappa shape index (κ2) is 11.6. The molecule has 2 aromatic rings. The van der Waals surface area contributed by atoms with Crippen molar-refractivity contribution in [3.8, 4) is 0 Å². The van der Waals surface area contributed by atoms with Crippen LogP contribution in [0.1, 0.15) is 56.6 Å². The fourth-order valence-electron chi connectivity index (χ4n) is 5.03. The Morgan fingerprint density at radius 2 is 2.11 bits per heavy atom. The number of amides is 2. The normalized spacial score (nSPS) is 18.9. The quantitative estimate of drug-likeness (QED) is 0.194. The number of halogens is 2. The first-order valence-electron chi connectivity index (χ1n) is 11.8. The van der Waals surface area contributed by atoms with Gasteiger partial charge in [0.2, 0.25) is 23.4 Å². The van der Waals surface area contributed by atoms with E-state index in [4.69, 9.17) is 11.6 Å². The molecule has 3 N–H and O–H groups in total. The van der Waals surface area contributed by atoms with Crippen LogP contribution in [0.4, 0.5) is 16.0 Å². The molecule has 35 heavy (non-hydrogen) atoms. The average molecular weight is 506 g/mol. The predicted octanol–water partition coefficient (Wildman–Crippen LogP) is 3.49. The van der Waals surface area contributed by atoms with E-state index in [9.17, 15) is 14.8 Å². The van der Waals surface area contributed by atoms with Crippen molar-refractivity contribution in [2.75, 3.05) is 23.4 Å². The van der Waals surface area contributed by atoms with Crippen molar-refractivity contribution in [2.45, 2.75) is 51.0 Å². The average Bonchev–Trinajstić information content (AvgIpc) is 3.56. The van der Waals surface area contributed by atoms with E-state index in [2.05, 4.69) is 25.8 Å². The number of carbonyl (C=O) groups is 2. The number of nitrogens with zero attached hydrogens (tertiary/aromatic N) is 5. The molecule has 2 fully saturated rings. The first kappa shape index (κ1) is 25.1. The molecule has 1 saturated carbocycles. The molecule has 2 atom stereocenters. The van der Waals surface area contributed by atoms with Crippen LogP contribution in [0.5, 0.6) is 0 Å². The summed E-state index contributed by atoms with van der Waals surface area (Å²) in [4.78, 5) is 37.8. The van der Waals surface area contributed by atoms with Gasteiger partial charge in [-0.2, -0.15) is 14.4 Å². The minimum atomic E-state index is -0.741. The second-order valence-electron chi connectivity index (χ2n) is 9.04. The highest BCUT2D eigenvalue weighted by molar-refractivity contribution is 6.28. The fraction of sp³-hybridized carbons (Fsp3) is 0.522. The smallest absolute Gasteiger partial charge is 0.243 e. The van der Waals surface area contributed by atoms with Gasteiger partial charge in [-0.05, 0) is 48.4 Å². The molecule has 0 aromatic carbocycles. The zero-order valence-electron chi connectivity index (χ0n) is 19.2. The summed E-state index contributed by atoms with van der Waals surface area (Å²) >= 11 is 6.11. The molecule has 2 aliphatic rings. The van der Waals surface area contributed by atoms with Crippen molar-refractivity contribution in [1.29, 1.82) is 0 Å². The van der Waals surface area contributed by atoms with Crippen molar-refractivity contribution >= 4 is 35.6 Å². The number of nitrogens with one attached hydrogen (secondary N) is 2. The summed E-state index contributed by atoms with van der Waals surface area (Å²) in [7, 11) is 0. The molecule has 1 aliphatic heterocycles. The Morgan fingerprint density at radius 3 is 2.83 bits per heavy atom. The third-order valence-electron chi connectivity index (χ3n) is 6.70. The van der Waals surface area contributed by atoms with Crippen molar-refractivity contribution in [2.24, 2.45) is 11.8 Å². The molecule has 188 valence electrons. The minimum absolute atomic E-state index is 0.0399. The maximum Gasteiger partial charge on any atom is 0.243 e. The Labute approximate surface area is 207 Å². The molecular formula is C23H29ClFN7O3. The molecule has 1 aliphatic carbocycles. The Balaban J connectivity index is 1.49. The van der Waals surface area contributed by atoms with Crippen LogP contribution in [-0.4, -0.2) is 50.6 Å². The van der Waals surface area contributed by atoms with Gasteiger partial charge in [0.15, 0.2) is 11.6 Å². The highest BCUT2D eigenvalue weighted by atomic mass is 35.5. The number of aromatic nitrogens is 3. The monoisotopic (exact) mass is 505 g/mol. The fourth-order valence-corrected chi connectivity index (χ4v) is 5.19. The summed E-state index contributed by atoms with van der Waals surface area (Å²) in [6.45, 7) is 0.420. The van der Waals surface area contributed by atoms with Crippen LogP contribution in [0, 0.1) is 17.7 Å². The standard InChI is InChI=1S/C23H29ClFN7O3/c24-23-27-20(29-30-22(34)17(13-31(35)14-33)11-15-5-1-2-6-15)19(25)21(28-23)32-10-4-8-18(32)16-7-3-9-26-12-16/h3,7,9,12,14-15,17-18,35H,1-2,4-6,8,10-11,13H2,(H,30,34)(H,27,28,29)/t17-,18+/m1/s1. The summed E-state index contributed by atoms with van der Waals surface area (Å²) in [5.74, 6) is -1.78. The van der Waals surface area contributed by atoms with E-state index in [-0.39, 0.29) is 35.9 Å². The Hall–Kier alpha value is -3.05. The van der Waals surface area contributed by atoms with Gasteiger partial charge in [-0.3, -0.25) is 30.6 Å². The van der Waals surface area contributed by atoms with Crippen molar-refractivity contribution in [3.63, 3.8) is 0 Å². The van der Waals surface area contributed by atoms with Gasteiger partial charge in [0.1, 0.15) is 0 Å². The zero-order valence-corrected chi connectivity index (χ0v) is 20.0. The van der Waals surface area contributed by atoms with E-state index in [0.717, 1.165) is 44.1 Å². The molecule has 12 heteroatoms. The third-order valence-corrected chi connectivity index (χ3v) is 6.87.